The van der Waals surface area contributed by atoms with E-state index in [9.17, 15) is 9.59 Å². The van der Waals surface area contributed by atoms with Crippen LogP contribution in [0.15, 0.2) is 28.8 Å². The van der Waals surface area contributed by atoms with Gasteiger partial charge in [-0.2, -0.15) is 4.98 Å². The number of nitrogens with one attached hydrogen (secondary N) is 1. The Morgan fingerprint density at radius 2 is 1.93 bits per heavy atom. The number of benzene rings is 1. The number of anilines is 1. The summed E-state index contributed by atoms with van der Waals surface area (Å²) in [7, 11) is 0. The summed E-state index contributed by atoms with van der Waals surface area (Å²) in [6, 6.07) is 6.95. The maximum Gasteiger partial charge on any atom is 0.414 e. The third kappa shape index (κ3) is 3.39. The first kappa shape index (κ1) is 17.5. The molecule has 0 atom stereocenters. The molecule has 27 heavy (non-hydrogen) atoms. The number of hydrogen-bond donors (Lipinski definition) is 1. The minimum atomic E-state index is -0.593. The summed E-state index contributed by atoms with van der Waals surface area (Å²) in [5.41, 5.74) is 0.650. The van der Waals surface area contributed by atoms with Gasteiger partial charge in [0.1, 0.15) is 12.1 Å². The molecule has 0 bridgehead atoms. The largest absolute Gasteiger partial charge is 0.447 e. The van der Waals surface area contributed by atoms with Crippen molar-refractivity contribution in [1.29, 1.82) is 0 Å². The van der Waals surface area contributed by atoms with Gasteiger partial charge in [0.05, 0.1) is 6.54 Å². The van der Waals surface area contributed by atoms with Gasteiger partial charge in [0.2, 0.25) is 5.89 Å². The molecule has 2 fully saturated rings. The van der Waals surface area contributed by atoms with Gasteiger partial charge in [0, 0.05) is 18.2 Å². The zero-order valence-corrected chi connectivity index (χ0v) is 15.2. The Kier molecular flexibility index (Phi) is 4.55. The first-order chi connectivity index (χ1) is 13.1. The number of cyclic esters (lactones) is 1. The Labute approximate surface area is 156 Å². The molecule has 2 amide bonds. The standard InChI is InChI=1S/C19H22N4O4/c1-13-20-17(22-27-13)19(9-3-2-4-10-19)21-16(24)14-5-7-15(8-6-14)23-11-12-26-18(23)25/h5-8H,2-4,9-12H2,1H3,(H,21,24). The number of carbonyl (C=O) groups excluding carboxylic acids is 2. The van der Waals surface area contributed by atoms with Crippen LogP contribution in [0.3, 0.4) is 0 Å². The molecule has 1 aromatic carbocycles. The van der Waals surface area contributed by atoms with Crippen molar-refractivity contribution in [2.24, 2.45) is 0 Å². The number of amides is 2. The second-order valence-electron chi connectivity index (χ2n) is 7.05. The summed E-state index contributed by atoms with van der Waals surface area (Å²) < 4.78 is 10.1. The maximum absolute atomic E-state index is 12.9. The van der Waals surface area contributed by atoms with Gasteiger partial charge >= 0.3 is 6.09 Å². The molecule has 1 aliphatic carbocycles. The fourth-order valence-corrected chi connectivity index (χ4v) is 3.76. The number of nitrogens with zero attached hydrogens (tertiary/aromatic N) is 3. The van der Waals surface area contributed by atoms with Crippen LogP contribution in [0.4, 0.5) is 10.5 Å². The van der Waals surface area contributed by atoms with Crippen LogP contribution in [0.25, 0.3) is 0 Å². The molecule has 8 nitrogen and oxygen atoms in total. The lowest BCUT2D eigenvalue weighted by Crippen LogP contribution is -2.48. The van der Waals surface area contributed by atoms with E-state index in [-0.39, 0.29) is 12.0 Å². The lowest BCUT2D eigenvalue weighted by molar-refractivity contribution is 0.0855. The summed E-state index contributed by atoms with van der Waals surface area (Å²) in [5.74, 6) is 0.852. The highest BCUT2D eigenvalue weighted by Gasteiger charge is 2.39. The number of rotatable bonds is 4. The van der Waals surface area contributed by atoms with Gasteiger partial charge in [0.25, 0.3) is 5.91 Å². The van der Waals surface area contributed by atoms with Crippen LogP contribution in [0.1, 0.15) is 54.2 Å². The molecule has 0 radical (unpaired) electrons. The average Bonchev–Trinajstić information content (AvgIpc) is 3.31. The Hall–Kier alpha value is -2.90. The summed E-state index contributed by atoms with van der Waals surface area (Å²) in [5, 5.41) is 7.22. The third-order valence-corrected chi connectivity index (χ3v) is 5.22. The van der Waals surface area contributed by atoms with E-state index in [4.69, 9.17) is 9.26 Å². The summed E-state index contributed by atoms with van der Waals surface area (Å²) in [6.07, 6.45) is 4.36. The predicted octanol–water partition coefficient (Wildman–Crippen LogP) is 2.92. The normalized spacial score (nSPS) is 19.0. The SMILES string of the molecule is Cc1nc(C2(NC(=O)c3ccc(N4CCOC4=O)cc3)CCCCC2)no1. The number of hydrogen-bond acceptors (Lipinski definition) is 6. The Bertz CT molecular complexity index is 840. The second-order valence-corrected chi connectivity index (χ2v) is 7.05. The average molecular weight is 370 g/mol. The second kappa shape index (κ2) is 7.02. The number of carbonyl (C=O) groups is 2. The fourth-order valence-electron chi connectivity index (χ4n) is 3.76. The van der Waals surface area contributed by atoms with Crippen LogP contribution in [0.2, 0.25) is 0 Å². The molecule has 0 spiro atoms. The molecule has 1 N–H and O–H groups in total. The van der Waals surface area contributed by atoms with Crippen LogP contribution >= 0.6 is 0 Å². The highest BCUT2D eigenvalue weighted by molar-refractivity contribution is 5.96. The summed E-state index contributed by atoms with van der Waals surface area (Å²) in [6.45, 7) is 2.65. The van der Waals surface area contributed by atoms with E-state index in [0.717, 1.165) is 37.8 Å². The van der Waals surface area contributed by atoms with Gasteiger partial charge in [-0.15, -0.1) is 0 Å². The molecule has 1 saturated heterocycles. The van der Waals surface area contributed by atoms with E-state index in [1.807, 2.05) is 0 Å². The van der Waals surface area contributed by atoms with Crippen molar-refractivity contribution in [2.45, 2.75) is 44.6 Å². The number of aromatic nitrogens is 2. The third-order valence-electron chi connectivity index (χ3n) is 5.22. The Balaban J connectivity index is 1.53. The molecular weight excluding hydrogens is 348 g/mol. The van der Waals surface area contributed by atoms with Gasteiger partial charge < -0.3 is 14.6 Å². The Morgan fingerprint density at radius 1 is 1.19 bits per heavy atom. The molecule has 2 aromatic rings. The van der Waals surface area contributed by atoms with E-state index in [1.165, 1.54) is 0 Å². The molecule has 1 aliphatic heterocycles. The molecule has 0 unspecified atom stereocenters. The van der Waals surface area contributed by atoms with Crippen LogP contribution in [-0.2, 0) is 10.3 Å². The summed E-state index contributed by atoms with van der Waals surface area (Å²) in [4.78, 5) is 30.5. The quantitative estimate of drug-likeness (QED) is 0.889. The smallest absolute Gasteiger partial charge is 0.414 e. The lowest BCUT2D eigenvalue weighted by Gasteiger charge is -2.35. The highest BCUT2D eigenvalue weighted by atomic mass is 16.6. The van der Waals surface area contributed by atoms with Crippen molar-refractivity contribution in [3.63, 3.8) is 0 Å². The lowest BCUT2D eigenvalue weighted by atomic mass is 9.80. The van der Waals surface area contributed by atoms with Crippen LogP contribution < -0.4 is 10.2 Å². The number of aryl methyl sites for hydroxylation is 1. The van der Waals surface area contributed by atoms with Crippen LogP contribution in [-0.4, -0.2) is 35.3 Å². The van der Waals surface area contributed by atoms with Gasteiger partial charge in [-0.25, -0.2) is 4.79 Å². The monoisotopic (exact) mass is 370 g/mol. The van der Waals surface area contributed by atoms with Crippen molar-refractivity contribution in [3.05, 3.63) is 41.5 Å². The molecule has 8 heteroatoms. The van der Waals surface area contributed by atoms with Crippen molar-refractivity contribution in [3.8, 4) is 0 Å². The maximum atomic E-state index is 12.9. The predicted molar refractivity (Wildman–Crippen MR) is 96.4 cm³/mol. The van der Waals surface area contributed by atoms with E-state index in [2.05, 4.69) is 15.5 Å². The van der Waals surface area contributed by atoms with Crippen LogP contribution in [0, 0.1) is 6.92 Å². The molecule has 4 rings (SSSR count). The van der Waals surface area contributed by atoms with E-state index in [1.54, 1.807) is 36.1 Å². The van der Waals surface area contributed by atoms with Crippen LogP contribution in [0.5, 0.6) is 0 Å². The molecule has 2 aliphatic rings. The van der Waals surface area contributed by atoms with Gasteiger partial charge in [-0.05, 0) is 37.1 Å². The van der Waals surface area contributed by atoms with E-state index >= 15 is 0 Å². The van der Waals surface area contributed by atoms with Gasteiger partial charge in [0.15, 0.2) is 5.82 Å². The molecule has 1 saturated carbocycles. The topological polar surface area (TPSA) is 97.6 Å². The van der Waals surface area contributed by atoms with E-state index < -0.39 is 5.54 Å². The van der Waals surface area contributed by atoms with Crippen molar-refractivity contribution >= 4 is 17.7 Å². The Morgan fingerprint density at radius 3 is 2.52 bits per heavy atom. The molecule has 2 heterocycles. The van der Waals surface area contributed by atoms with Crippen molar-refractivity contribution in [2.75, 3.05) is 18.1 Å². The fraction of sp³-hybridized carbons (Fsp3) is 0.474. The minimum Gasteiger partial charge on any atom is -0.447 e. The van der Waals surface area contributed by atoms with Gasteiger partial charge in [-0.3, -0.25) is 9.69 Å². The summed E-state index contributed by atoms with van der Waals surface area (Å²) >= 11 is 0. The highest BCUT2D eigenvalue weighted by Crippen LogP contribution is 2.36. The first-order valence-electron chi connectivity index (χ1n) is 9.25. The molecule has 1 aromatic heterocycles. The zero-order valence-electron chi connectivity index (χ0n) is 15.2. The van der Waals surface area contributed by atoms with Crippen molar-refractivity contribution < 1.29 is 18.8 Å². The van der Waals surface area contributed by atoms with E-state index in [0.29, 0.717) is 30.4 Å². The molecular formula is C19H22N4O4. The van der Waals surface area contributed by atoms with Crippen molar-refractivity contribution in [1.82, 2.24) is 15.5 Å². The minimum absolute atomic E-state index is 0.185. The first-order valence-corrected chi connectivity index (χ1v) is 9.25. The molecule has 142 valence electrons. The zero-order chi connectivity index (χ0) is 18.9. The van der Waals surface area contributed by atoms with Gasteiger partial charge in [-0.1, -0.05) is 24.4 Å². The number of ether oxygens (including phenoxy) is 1.